The molecule has 6 heteroatoms. The van der Waals surface area contributed by atoms with Crippen LogP contribution in [0.25, 0.3) is 6.08 Å². The van der Waals surface area contributed by atoms with Gasteiger partial charge in [-0.25, -0.2) is 4.79 Å². The molecule has 1 unspecified atom stereocenters. The van der Waals surface area contributed by atoms with Gasteiger partial charge in [0.2, 0.25) is 11.9 Å². The number of methoxy groups -OCH3 is 1. The van der Waals surface area contributed by atoms with Crippen LogP contribution in [0.15, 0.2) is 90.7 Å². The van der Waals surface area contributed by atoms with Crippen LogP contribution in [0, 0.1) is 0 Å². The number of hydrogen-bond donors (Lipinski definition) is 0. The molecule has 0 N–H and O–H groups in total. The summed E-state index contributed by atoms with van der Waals surface area (Å²) in [4.78, 5) is 25.3. The van der Waals surface area contributed by atoms with Gasteiger partial charge in [0.25, 0.3) is 0 Å². The van der Waals surface area contributed by atoms with E-state index < -0.39 is 12.1 Å². The van der Waals surface area contributed by atoms with Gasteiger partial charge in [-0.2, -0.15) is 0 Å². The van der Waals surface area contributed by atoms with E-state index in [0.29, 0.717) is 22.6 Å². The Morgan fingerprint density at radius 3 is 2.56 bits per heavy atom. The molecule has 0 fully saturated rings. The van der Waals surface area contributed by atoms with Crippen molar-refractivity contribution in [3.8, 4) is 17.2 Å². The van der Waals surface area contributed by atoms with Gasteiger partial charge in [-0.05, 0) is 31.2 Å². The number of hydrogen-bond acceptors (Lipinski definition) is 6. The Hall–Kier alpha value is -4.32. The van der Waals surface area contributed by atoms with Crippen LogP contribution in [0.2, 0.25) is 0 Å². The second kappa shape index (κ2) is 10.5. The third-order valence-corrected chi connectivity index (χ3v) is 5.16. The first-order valence-electron chi connectivity index (χ1n) is 10.9. The highest BCUT2D eigenvalue weighted by Gasteiger charge is 2.29. The van der Waals surface area contributed by atoms with Crippen molar-refractivity contribution in [2.75, 3.05) is 13.7 Å². The molecule has 1 aliphatic rings. The normalized spacial score (nSPS) is 14.5. The molecule has 0 spiro atoms. The van der Waals surface area contributed by atoms with Gasteiger partial charge in [0.1, 0.15) is 17.2 Å². The zero-order valence-electron chi connectivity index (χ0n) is 18.9. The molecule has 1 heterocycles. The van der Waals surface area contributed by atoms with Crippen LogP contribution in [0.4, 0.5) is 0 Å². The Morgan fingerprint density at radius 2 is 1.79 bits per heavy atom. The molecule has 172 valence electrons. The number of para-hydroxylation sites is 1. The molecular weight excluding hydrogens is 432 g/mol. The summed E-state index contributed by atoms with van der Waals surface area (Å²) in [5, 5.41) is 0. The first-order chi connectivity index (χ1) is 16.6. The van der Waals surface area contributed by atoms with Gasteiger partial charge >= 0.3 is 5.97 Å². The van der Waals surface area contributed by atoms with Gasteiger partial charge < -0.3 is 18.9 Å². The van der Waals surface area contributed by atoms with Gasteiger partial charge in [-0.1, -0.05) is 60.7 Å². The molecule has 1 aliphatic heterocycles. The summed E-state index contributed by atoms with van der Waals surface area (Å²) in [5.74, 6) is 0.970. The van der Waals surface area contributed by atoms with Crippen LogP contribution in [-0.2, 0) is 9.53 Å². The molecule has 0 aliphatic carbocycles. The van der Waals surface area contributed by atoms with E-state index in [4.69, 9.17) is 18.9 Å². The number of ether oxygens (including phenoxy) is 4. The third-order valence-electron chi connectivity index (χ3n) is 5.16. The van der Waals surface area contributed by atoms with E-state index in [1.165, 1.54) is 0 Å². The quantitative estimate of drug-likeness (QED) is 0.327. The molecule has 1 atom stereocenters. The number of fused-ring (bicyclic) bond motifs is 1. The molecule has 0 bridgehead atoms. The van der Waals surface area contributed by atoms with Crippen LogP contribution in [0.1, 0.15) is 34.5 Å². The molecule has 3 aromatic carbocycles. The zero-order chi connectivity index (χ0) is 23.9. The topological polar surface area (TPSA) is 71.1 Å². The van der Waals surface area contributed by atoms with Gasteiger partial charge in [-0.3, -0.25) is 4.79 Å². The van der Waals surface area contributed by atoms with Gasteiger partial charge in [-0.15, -0.1) is 0 Å². The summed E-state index contributed by atoms with van der Waals surface area (Å²) in [6.07, 6.45) is 4.25. The fourth-order valence-electron chi connectivity index (χ4n) is 3.53. The molecule has 3 aromatic rings. The number of ketones is 1. The van der Waals surface area contributed by atoms with Crippen molar-refractivity contribution in [1.29, 1.82) is 0 Å². The third kappa shape index (κ3) is 5.02. The van der Waals surface area contributed by atoms with Crippen molar-refractivity contribution in [2.45, 2.75) is 13.0 Å². The highest BCUT2D eigenvalue weighted by Crippen LogP contribution is 2.36. The molecule has 6 nitrogen and oxygen atoms in total. The first kappa shape index (κ1) is 22.9. The van der Waals surface area contributed by atoms with E-state index in [0.717, 1.165) is 11.3 Å². The molecular formula is C28H24O6. The van der Waals surface area contributed by atoms with Crippen LogP contribution < -0.4 is 14.2 Å². The van der Waals surface area contributed by atoms with Gasteiger partial charge in [0, 0.05) is 17.2 Å². The highest BCUT2D eigenvalue weighted by atomic mass is 16.6. The molecule has 0 saturated carbocycles. The minimum Gasteiger partial charge on any atom is -0.496 e. The minimum absolute atomic E-state index is 0.198. The fourth-order valence-corrected chi connectivity index (χ4v) is 3.53. The van der Waals surface area contributed by atoms with E-state index in [1.807, 2.05) is 48.5 Å². The van der Waals surface area contributed by atoms with Crippen molar-refractivity contribution in [3.05, 3.63) is 107 Å². The summed E-state index contributed by atoms with van der Waals surface area (Å²) < 4.78 is 22.3. The van der Waals surface area contributed by atoms with Crippen molar-refractivity contribution < 1.29 is 28.5 Å². The largest absolute Gasteiger partial charge is 0.496 e. The maximum Gasteiger partial charge on any atom is 0.352 e. The Labute approximate surface area is 198 Å². The lowest BCUT2D eigenvalue weighted by molar-refractivity contribution is -0.151. The van der Waals surface area contributed by atoms with Gasteiger partial charge in [0.15, 0.2) is 5.76 Å². The van der Waals surface area contributed by atoms with Crippen LogP contribution in [0.3, 0.4) is 0 Å². The van der Waals surface area contributed by atoms with Crippen LogP contribution in [0.5, 0.6) is 17.2 Å². The maximum absolute atomic E-state index is 12.7. The predicted octanol–water partition coefficient (Wildman–Crippen LogP) is 5.55. The minimum atomic E-state index is -0.935. The Bertz CT molecular complexity index is 1240. The van der Waals surface area contributed by atoms with E-state index in [-0.39, 0.29) is 18.1 Å². The molecule has 0 aromatic heterocycles. The second-order valence-corrected chi connectivity index (χ2v) is 7.38. The lowest BCUT2D eigenvalue weighted by Gasteiger charge is -2.18. The summed E-state index contributed by atoms with van der Waals surface area (Å²) in [6, 6.07) is 21.5. The maximum atomic E-state index is 12.7. The van der Waals surface area contributed by atoms with E-state index >= 15 is 0 Å². The number of allylic oxidation sites excluding steroid dienone is 3. The Kier molecular flexibility index (Phi) is 7.08. The number of esters is 1. The highest BCUT2D eigenvalue weighted by molar-refractivity contribution is 6.12. The van der Waals surface area contributed by atoms with Crippen molar-refractivity contribution in [3.63, 3.8) is 0 Å². The standard InChI is InChI=1S/C28H24O6/c1-3-32-28(30)27(20-11-5-4-6-12-20)33-21-16-17-22-25(18-21)34-24(26(22)29)15-9-13-19-10-7-8-14-23(19)31-2/h4-18,27H,3H2,1-2H3/b13-9+,24-15-. The van der Waals surface area contributed by atoms with Crippen LogP contribution in [-0.4, -0.2) is 25.5 Å². The Balaban J connectivity index is 1.53. The fraction of sp³-hybridized carbons (Fsp3) is 0.143. The lowest BCUT2D eigenvalue weighted by Crippen LogP contribution is -2.21. The number of benzene rings is 3. The molecule has 34 heavy (non-hydrogen) atoms. The average Bonchev–Trinajstić information content (AvgIpc) is 3.18. The van der Waals surface area contributed by atoms with Crippen molar-refractivity contribution >= 4 is 17.8 Å². The summed E-state index contributed by atoms with van der Waals surface area (Å²) >= 11 is 0. The average molecular weight is 456 g/mol. The second-order valence-electron chi connectivity index (χ2n) is 7.38. The molecule has 4 rings (SSSR count). The Morgan fingerprint density at radius 1 is 1.03 bits per heavy atom. The number of carbonyl (C=O) groups is 2. The number of carbonyl (C=O) groups excluding carboxylic acids is 2. The van der Waals surface area contributed by atoms with E-state index in [9.17, 15) is 9.59 Å². The van der Waals surface area contributed by atoms with Crippen molar-refractivity contribution in [1.82, 2.24) is 0 Å². The first-order valence-corrected chi connectivity index (χ1v) is 10.9. The predicted molar refractivity (Wildman–Crippen MR) is 128 cm³/mol. The van der Waals surface area contributed by atoms with Crippen LogP contribution >= 0.6 is 0 Å². The lowest BCUT2D eigenvalue weighted by atomic mass is 10.1. The zero-order valence-corrected chi connectivity index (χ0v) is 18.9. The number of Topliss-reactive ketones (excluding diaryl/α,β-unsaturated/α-hetero) is 1. The molecule has 0 saturated heterocycles. The number of rotatable bonds is 8. The SMILES string of the molecule is CCOC(=O)C(Oc1ccc2c(c1)O/C(=C\C=C\c1ccccc1OC)C2=O)c1ccccc1. The molecule has 0 amide bonds. The van der Waals surface area contributed by atoms with Gasteiger partial charge in [0.05, 0.1) is 19.3 Å². The summed E-state index contributed by atoms with van der Waals surface area (Å²) in [6.45, 7) is 1.98. The van der Waals surface area contributed by atoms with E-state index in [2.05, 4.69) is 0 Å². The monoisotopic (exact) mass is 456 g/mol. The summed E-state index contributed by atoms with van der Waals surface area (Å²) in [5.41, 5.74) is 1.98. The van der Waals surface area contributed by atoms with Crippen molar-refractivity contribution in [2.24, 2.45) is 0 Å². The summed E-state index contributed by atoms with van der Waals surface area (Å²) in [7, 11) is 1.61. The van der Waals surface area contributed by atoms with E-state index in [1.54, 1.807) is 56.5 Å². The molecule has 0 radical (unpaired) electrons. The smallest absolute Gasteiger partial charge is 0.352 e.